The van der Waals surface area contributed by atoms with Crippen molar-refractivity contribution in [2.75, 3.05) is 13.7 Å². The van der Waals surface area contributed by atoms with Crippen LogP contribution in [0.1, 0.15) is 50.0 Å². The molecular weight excluding hydrogens is 392 g/mol. The Kier molecular flexibility index (Phi) is 7.15. The van der Waals surface area contributed by atoms with Crippen molar-refractivity contribution in [2.45, 2.75) is 68.6 Å². The third-order valence-electron chi connectivity index (χ3n) is 7.73. The zero-order valence-electron chi connectivity index (χ0n) is 17.8. The minimum absolute atomic E-state index is 0.784. The summed E-state index contributed by atoms with van der Waals surface area (Å²) in [7, 11) is 0.879. The van der Waals surface area contributed by atoms with Gasteiger partial charge >= 0.3 is 0 Å². The molecule has 0 atom stereocenters. The Morgan fingerprint density at radius 2 is 1.38 bits per heavy atom. The highest BCUT2D eigenvalue weighted by atomic mass is 35.5. The van der Waals surface area contributed by atoms with Gasteiger partial charge in [-0.2, -0.15) is 0 Å². The first-order valence-corrected chi connectivity index (χ1v) is 14.7. The second-order valence-electron chi connectivity index (χ2n) is 9.48. The van der Waals surface area contributed by atoms with E-state index in [1.165, 1.54) is 49.7 Å². The first-order chi connectivity index (χ1) is 14.2. The van der Waals surface area contributed by atoms with Gasteiger partial charge in [0.1, 0.15) is 0 Å². The summed E-state index contributed by atoms with van der Waals surface area (Å²) in [6.07, 6.45) is 8.53. The lowest BCUT2D eigenvalue weighted by atomic mass is 9.92. The fourth-order valence-electron chi connectivity index (χ4n) is 5.75. The summed E-state index contributed by atoms with van der Waals surface area (Å²) >= 11 is 6.02. The van der Waals surface area contributed by atoms with Gasteiger partial charge in [-0.1, -0.05) is 85.0 Å². The van der Waals surface area contributed by atoms with Gasteiger partial charge in [-0.15, -0.1) is 0 Å². The number of hydrogen-bond donors (Lipinski definition) is 0. The van der Waals surface area contributed by atoms with Gasteiger partial charge in [-0.3, -0.25) is 0 Å². The van der Waals surface area contributed by atoms with Gasteiger partial charge in [0.2, 0.25) is 0 Å². The van der Waals surface area contributed by atoms with Crippen LogP contribution in [-0.4, -0.2) is 21.8 Å². The van der Waals surface area contributed by atoms with Crippen LogP contribution >= 0.6 is 11.6 Å². The second kappa shape index (κ2) is 9.81. The number of methoxy groups -OCH3 is 1. The highest BCUT2D eigenvalue weighted by Crippen LogP contribution is 2.47. The lowest BCUT2D eigenvalue weighted by molar-refractivity contribution is 0.185. The van der Waals surface area contributed by atoms with Crippen LogP contribution in [0.25, 0.3) is 11.1 Å². The second-order valence-corrected chi connectivity index (χ2v) is 14.9. The molecule has 1 nitrogen and oxygen atoms in total. The maximum atomic E-state index is 6.02. The summed E-state index contributed by atoms with van der Waals surface area (Å²) in [5.74, 6) is 1.77. The van der Waals surface area contributed by atoms with Crippen LogP contribution in [0.2, 0.25) is 29.2 Å². The van der Waals surface area contributed by atoms with E-state index in [0.717, 1.165) is 23.5 Å². The van der Waals surface area contributed by atoms with Crippen LogP contribution in [0, 0.1) is 5.92 Å². The minimum atomic E-state index is -0.947. The Bertz CT molecular complexity index is 752. The molecule has 156 valence electrons. The van der Waals surface area contributed by atoms with Gasteiger partial charge < -0.3 is 4.74 Å². The van der Waals surface area contributed by atoms with Gasteiger partial charge in [-0.25, -0.2) is 0 Å². The van der Waals surface area contributed by atoms with Gasteiger partial charge in [0.15, 0.2) is 0 Å². The number of benzene rings is 2. The topological polar surface area (TPSA) is 9.23 Å². The van der Waals surface area contributed by atoms with Crippen molar-refractivity contribution in [1.82, 2.24) is 0 Å². The van der Waals surface area contributed by atoms with E-state index in [-0.39, 0.29) is 0 Å². The van der Waals surface area contributed by atoms with Crippen molar-refractivity contribution < 1.29 is 4.74 Å². The monoisotopic (exact) mass is 426 g/mol. The fraction of sp³-hybridized carbons (Fsp3) is 0.538. The molecule has 2 saturated heterocycles. The van der Waals surface area contributed by atoms with E-state index in [1.807, 2.05) is 19.2 Å². The molecule has 2 aliphatic rings. The molecule has 2 heterocycles. The Hall–Kier alpha value is -1.09. The Balaban J connectivity index is 1.29. The Labute approximate surface area is 182 Å². The number of halogens is 1. The maximum absolute atomic E-state index is 6.02. The van der Waals surface area contributed by atoms with Crippen LogP contribution in [0.15, 0.2) is 48.5 Å². The average molecular weight is 427 g/mol. The number of hydrogen-bond acceptors (Lipinski definition) is 1. The quantitative estimate of drug-likeness (QED) is 0.334. The minimum Gasteiger partial charge on any atom is -0.385 e. The molecule has 0 bridgehead atoms. The van der Waals surface area contributed by atoms with E-state index < -0.39 is 8.07 Å². The summed E-state index contributed by atoms with van der Waals surface area (Å²) in [5.41, 5.74) is 4.09. The zero-order valence-corrected chi connectivity index (χ0v) is 19.6. The van der Waals surface area contributed by atoms with Gasteiger partial charge in [-0.05, 0) is 66.3 Å². The van der Waals surface area contributed by atoms with E-state index in [0.29, 0.717) is 0 Å². The molecule has 0 aliphatic carbocycles. The standard InChI is InChI=1S/C26H35ClOSi/c1-28-16-2-3-21-12-17-29(18-13-21)19-14-25(15-20-29)23-6-4-22(5-7-23)24-8-10-26(27)11-9-24/h4-11,21,25H,2-3,12-20H2,1H3. The maximum Gasteiger partial charge on any atom is 0.0536 e. The summed E-state index contributed by atoms with van der Waals surface area (Å²) in [6, 6.07) is 23.9. The largest absolute Gasteiger partial charge is 0.385 e. The molecule has 1 spiro atoms. The van der Waals surface area contributed by atoms with Crippen molar-refractivity contribution in [3.05, 3.63) is 59.1 Å². The van der Waals surface area contributed by atoms with Crippen molar-refractivity contribution >= 4 is 19.7 Å². The molecule has 0 amide bonds. The molecule has 0 unspecified atom stereocenters. The molecule has 0 N–H and O–H groups in total. The molecule has 29 heavy (non-hydrogen) atoms. The van der Waals surface area contributed by atoms with Crippen molar-refractivity contribution in [3.8, 4) is 11.1 Å². The van der Waals surface area contributed by atoms with E-state index in [4.69, 9.17) is 16.3 Å². The Morgan fingerprint density at radius 3 is 1.97 bits per heavy atom. The van der Waals surface area contributed by atoms with Crippen molar-refractivity contribution in [1.29, 1.82) is 0 Å². The highest BCUT2D eigenvalue weighted by molar-refractivity contribution is 6.80. The Morgan fingerprint density at radius 1 is 0.828 bits per heavy atom. The molecule has 2 aromatic rings. The smallest absolute Gasteiger partial charge is 0.0536 e. The summed E-state index contributed by atoms with van der Waals surface area (Å²) in [5, 5.41) is 0.801. The van der Waals surface area contributed by atoms with E-state index in [1.54, 1.807) is 29.7 Å². The van der Waals surface area contributed by atoms with E-state index in [2.05, 4.69) is 36.4 Å². The van der Waals surface area contributed by atoms with Crippen molar-refractivity contribution in [3.63, 3.8) is 0 Å². The summed E-state index contributed by atoms with van der Waals surface area (Å²) < 4.78 is 5.24. The van der Waals surface area contributed by atoms with Crippen LogP contribution in [-0.2, 0) is 4.74 Å². The third kappa shape index (κ3) is 5.34. The molecule has 0 aromatic heterocycles. The molecule has 4 rings (SSSR count). The highest BCUT2D eigenvalue weighted by Gasteiger charge is 2.40. The fourth-order valence-corrected chi connectivity index (χ4v) is 11.3. The van der Waals surface area contributed by atoms with Crippen LogP contribution in [0.4, 0.5) is 0 Å². The molecule has 0 saturated carbocycles. The van der Waals surface area contributed by atoms with Crippen LogP contribution in [0.5, 0.6) is 0 Å². The van der Waals surface area contributed by atoms with Crippen LogP contribution < -0.4 is 0 Å². The average Bonchev–Trinajstić information content (AvgIpc) is 2.77. The van der Waals surface area contributed by atoms with Gasteiger partial charge in [0, 0.05) is 18.7 Å². The third-order valence-corrected chi connectivity index (χ3v) is 13.4. The van der Waals surface area contributed by atoms with E-state index >= 15 is 0 Å². The molecule has 2 aliphatic heterocycles. The molecule has 3 heteroatoms. The predicted molar refractivity (Wildman–Crippen MR) is 128 cm³/mol. The lowest BCUT2D eigenvalue weighted by Gasteiger charge is -2.43. The first kappa shape index (κ1) is 21.2. The van der Waals surface area contributed by atoms with Crippen molar-refractivity contribution in [2.24, 2.45) is 5.92 Å². The normalized spacial score (nSPS) is 27.2. The van der Waals surface area contributed by atoms with Crippen LogP contribution in [0.3, 0.4) is 0 Å². The molecule has 2 aromatic carbocycles. The van der Waals surface area contributed by atoms with E-state index in [9.17, 15) is 0 Å². The molecular formula is C26H35ClOSi. The first-order valence-electron chi connectivity index (χ1n) is 11.5. The lowest BCUT2D eigenvalue weighted by Crippen LogP contribution is -2.41. The summed E-state index contributed by atoms with van der Waals surface area (Å²) in [4.78, 5) is 0. The van der Waals surface area contributed by atoms with Gasteiger partial charge in [0.25, 0.3) is 0 Å². The zero-order chi connectivity index (χ0) is 20.1. The molecule has 2 fully saturated rings. The number of rotatable bonds is 6. The molecule has 0 radical (unpaired) electrons. The SMILES string of the molecule is COCCCC1CC[Si]2(CC1)CCC(c1ccc(-c3ccc(Cl)cc3)cc1)CC2. The summed E-state index contributed by atoms with van der Waals surface area (Å²) in [6.45, 7) is 0.942. The number of ether oxygens (including phenoxy) is 1. The predicted octanol–water partition coefficient (Wildman–Crippen LogP) is 8.17. The van der Waals surface area contributed by atoms with Gasteiger partial charge in [0.05, 0.1) is 8.07 Å².